The Balaban J connectivity index is 3.28. The minimum Gasteiger partial charge on any atom is -0.477 e. The second kappa shape index (κ2) is 3.38. The van der Waals surface area contributed by atoms with Crippen molar-refractivity contribution in [3.05, 3.63) is 14.5 Å². The van der Waals surface area contributed by atoms with E-state index in [1.165, 1.54) is 0 Å². The Bertz CT molecular complexity index is 340. The van der Waals surface area contributed by atoms with Crippen molar-refractivity contribution < 1.29 is 9.90 Å². The van der Waals surface area contributed by atoms with E-state index in [0.717, 1.165) is 11.3 Å². The SMILES string of the molecule is CC(C)(C)c1nc(Br)sc1C(=O)O. The van der Waals surface area contributed by atoms with Gasteiger partial charge < -0.3 is 5.11 Å². The summed E-state index contributed by atoms with van der Waals surface area (Å²) in [5, 5.41) is 8.89. The quantitative estimate of drug-likeness (QED) is 0.848. The third-order valence-corrected chi connectivity index (χ3v) is 3.00. The van der Waals surface area contributed by atoms with Gasteiger partial charge in [-0.05, 0) is 15.9 Å². The summed E-state index contributed by atoms with van der Waals surface area (Å²) < 4.78 is 0.620. The number of aromatic nitrogens is 1. The zero-order valence-corrected chi connectivity index (χ0v) is 9.99. The van der Waals surface area contributed by atoms with Gasteiger partial charge in [0.05, 0.1) is 5.69 Å². The van der Waals surface area contributed by atoms with E-state index in [9.17, 15) is 4.79 Å². The van der Waals surface area contributed by atoms with E-state index in [0.29, 0.717) is 14.5 Å². The first-order chi connectivity index (χ1) is 5.82. The van der Waals surface area contributed by atoms with Crippen LogP contribution in [0.1, 0.15) is 36.1 Å². The lowest BCUT2D eigenvalue weighted by atomic mass is 9.91. The number of carbonyl (C=O) groups is 1. The first-order valence-electron chi connectivity index (χ1n) is 3.72. The van der Waals surface area contributed by atoms with Crippen LogP contribution in [0.4, 0.5) is 0 Å². The van der Waals surface area contributed by atoms with Gasteiger partial charge in [-0.2, -0.15) is 0 Å². The van der Waals surface area contributed by atoms with Crippen molar-refractivity contribution >= 4 is 33.2 Å². The predicted molar refractivity (Wildman–Crippen MR) is 55.5 cm³/mol. The van der Waals surface area contributed by atoms with Gasteiger partial charge in [0.25, 0.3) is 0 Å². The number of hydrogen-bond acceptors (Lipinski definition) is 3. The molecular weight excluding hydrogens is 254 g/mol. The van der Waals surface area contributed by atoms with Crippen molar-refractivity contribution in [1.29, 1.82) is 0 Å². The van der Waals surface area contributed by atoms with Crippen molar-refractivity contribution in [2.75, 3.05) is 0 Å². The average molecular weight is 264 g/mol. The lowest BCUT2D eigenvalue weighted by Crippen LogP contribution is -2.15. The molecule has 0 amide bonds. The van der Waals surface area contributed by atoms with E-state index < -0.39 is 5.97 Å². The molecule has 0 aliphatic heterocycles. The Hall–Kier alpha value is -0.420. The Labute approximate surface area is 88.9 Å². The summed E-state index contributed by atoms with van der Waals surface area (Å²) in [5.41, 5.74) is 0.410. The van der Waals surface area contributed by atoms with Crippen LogP contribution in [0.25, 0.3) is 0 Å². The number of aromatic carboxylic acids is 1. The molecule has 0 fully saturated rings. The zero-order chi connectivity index (χ0) is 10.2. The van der Waals surface area contributed by atoms with Crippen LogP contribution in [0.5, 0.6) is 0 Å². The zero-order valence-electron chi connectivity index (χ0n) is 7.59. The highest BCUT2D eigenvalue weighted by Crippen LogP contribution is 2.31. The molecule has 0 spiro atoms. The van der Waals surface area contributed by atoms with Crippen LogP contribution >= 0.6 is 27.3 Å². The molecule has 0 unspecified atom stereocenters. The van der Waals surface area contributed by atoms with Gasteiger partial charge >= 0.3 is 5.97 Å². The third kappa shape index (κ3) is 2.28. The molecule has 1 aromatic rings. The van der Waals surface area contributed by atoms with E-state index in [1.54, 1.807) is 0 Å². The van der Waals surface area contributed by atoms with E-state index in [2.05, 4.69) is 20.9 Å². The summed E-state index contributed by atoms with van der Waals surface area (Å²) in [4.78, 5) is 15.3. The normalized spacial score (nSPS) is 11.7. The fourth-order valence-corrected chi connectivity index (χ4v) is 2.45. The van der Waals surface area contributed by atoms with Gasteiger partial charge in [0, 0.05) is 5.41 Å². The number of nitrogens with zero attached hydrogens (tertiary/aromatic N) is 1. The summed E-state index contributed by atoms with van der Waals surface area (Å²) in [6, 6.07) is 0. The smallest absolute Gasteiger partial charge is 0.347 e. The lowest BCUT2D eigenvalue weighted by molar-refractivity contribution is 0.0699. The number of carboxylic acid groups (broad SMARTS) is 1. The van der Waals surface area contributed by atoms with E-state index >= 15 is 0 Å². The molecule has 1 heterocycles. The third-order valence-electron chi connectivity index (χ3n) is 1.51. The molecule has 1 rings (SSSR count). The number of hydrogen-bond donors (Lipinski definition) is 1. The molecule has 0 atom stereocenters. The van der Waals surface area contributed by atoms with E-state index in [4.69, 9.17) is 5.11 Å². The molecule has 1 aromatic heterocycles. The maximum atomic E-state index is 10.8. The fraction of sp³-hybridized carbons (Fsp3) is 0.500. The number of thiazole rings is 1. The van der Waals surface area contributed by atoms with Crippen molar-refractivity contribution in [1.82, 2.24) is 4.98 Å². The van der Waals surface area contributed by atoms with Crippen LogP contribution in [0.2, 0.25) is 0 Å². The molecular formula is C8H10BrNO2S. The van der Waals surface area contributed by atoms with Crippen LogP contribution in [-0.2, 0) is 5.41 Å². The van der Waals surface area contributed by atoms with Gasteiger partial charge in [-0.15, -0.1) is 0 Å². The second-order valence-electron chi connectivity index (χ2n) is 3.70. The minimum atomic E-state index is -0.909. The van der Waals surface area contributed by atoms with E-state index in [-0.39, 0.29) is 5.41 Å². The Morgan fingerprint density at radius 2 is 2.08 bits per heavy atom. The summed E-state index contributed by atoms with van der Waals surface area (Å²) >= 11 is 4.34. The largest absolute Gasteiger partial charge is 0.477 e. The molecule has 0 aromatic carbocycles. The van der Waals surface area contributed by atoms with Gasteiger partial charge in [-0.25, -0.2) is 9.78 Å². The van der Waals surface area contributed by atoms with Crippen LogP contribution in [-0.4, -0.2) is 16.1 Å². The Kier molecular flexibility index (Phi) is 2.77. The molecule has 5 heteroatoms. The number of rotatable bonds is 1. The van der Waals surface area contributed by atoms with Gasteiger partial charge in [-0.3, -0.25) is 0 Å². The standard InChI is InChI=1S/C8H10BrNO2S/c1-8(2,3)5-4(6(11)12)13-7(9)10-5/h1-3H3,(H,11,12). The highest BCUT2D eigenvalue weighted by molar-refractivity contribution is 9.11. The summed E-state index contributed by atoms with van der Waals surface area (Å²) in [6.45, 7) is 5.84. The second-order valence-corrected chi connectivity index (χ2v) is 5.97. The van der Waals surface area contributed by atoms with Crippen molar-refractivity contribution in [2.45, 2.75) is 26.2 Å². The van der Waals surface area contributed by atoms with Crippen LogP contribution in [0.3, 0.4) is 0 Å². The minimum absolute atomic E-state index is 0.226. The average Bonchev–Trinajstić information content (AvgIpc) is 2.29. The van der Waals surface area contributed by atoms with Crippen LogP contribution in [0.15, 0.2) is 3.92 Å². The Morgan fingerprint density at radius 3 is 2.38 bits per heavy atom. The molecule has 3 nitrogen and oxygen atoms in total. The molecule has 0 saturated heterocycles. The van der Waals surface area contributed by atoms with Gasteiger partial charge in [0.15, 0.2) is 3.92 Å². The maximum Gasteiger partial charge on any atom is 0.347 e. The predicted octanol–water partition coefficient (Wildman–Crippen LogP) is 2.90. The van der Waals surface area contributed by atoms with Crippen LogP contribution < -0.4 is 0 Å². The summed E-state index contributed by atoms with van der Waals surface area (Å²) in [5.74, 6) is -0.909. The van der Waals surface area contributed by atoms with Gasteiger partial charge in [0.1, 0.15) is 4.88 Å². The highest BCUT2D eigenvalue weighted by atomic mass is 79.9. The summed E-state index contributed by atoms with van der Waals surface area (Å²) in [7, 11) is 0. The van der Waals surface area contributed by atoms with Crippen molar-refractivity contribution in [2.24, 2.45) is 0 Å². The van der Waals surface area contributed by atoms with Crippen molar-refractivity contribution in [3.63, 3.8) is 0 Å². The monoisotopic (exact) mass is 263 g/mol. The molecule has 0 aliphatic carbocycles. The molecule has 13 heavy (non-hydrogen) atoms. The first-order valence-corrected chi connectivity index (χ1v) is 5.33. The molecule has 0 bridgehead atoms. The highest BCUT2D eigenvalue weighted by Gasteiger charge is 2.26. The molecule has 72 valence electrons. The van der Waals surface area contributed by atoms with Crippen LogP contribution in [0, 0.1) is 0 Å². The van der Waals surface area contributed by atoms with Gasteiger partial charge in [0.2, 0.25) is 0 Å². The van der Waals surface area contributed by atoms with Crippen molar-refractivity contribution in [3.8, 4) is 0 Å². The topological polar surface area (TPSA) is 50.2 Å². The lowest BCUT2D eigenvalue weighted by Gasteiger charge is -2.15. The molecule has 0 aliphatic rings. The molecule has 0 radical (unpaired) electrons. The molecule has 0 saturated carbocycles. The first kappa shape index (κ1) is 10.7. The number of carboxylic acids is 1. The molecule has 1 N–H and O–H groups in total. The number of halogens is 1. The Morgan fingerprint density at radius 1 is 1.54 bits per heavy atom. The summed E-state index contributed by atoms with van der Waals surface area (Å²) in [6.07, 6.45) is 0. The van der Waals surface area contributed by atoms with Gasteiger partial charge in [-0.1, -0.05) is 32.1 Å². The van der Waals surface area contributed by atoms with E-state index in [1.807, 2.05) is 20.8 Å². The maximum absolute atomic E-state index is 10.8. The fourth-order valence-electron chi connectivity index (χ4n) is 0.947.